The van der Waals surface area contributed by atoms with Gasteiger partial charge in [-0.2, -0.15) is 0 Å². The van der Waals surface area contributed by atoms with Crippen molar-refractivity contribution < 1.29 is 14.6 Å². The van der Waals surface area contributed by atoms with Gasteiger partial charge in [-0.25, -0.2) is 9.97 Å². The second-order valence-corrected chi connectivity index (χ2v) is 7.19. The molecule has 0 spiro atoms. The molecule has 0 unspecified atom stereocenters. The average molecular weight is 332 g/mol. The third-order valence-electron chi connectivity index (χ3n) is 5.10. The van der Waals surface area contributed by atoms with Gasteiger partial charge in [-0.1, -0.05) is 0 Å². The van der Waals surface area contributed by atoms with Gasteiger partial charge in [0.1, 0.15) is 5.82 Å². The Bertz CT molecular complexity index is 598. The van der Waals surface area contributed by atoms with Crippen molar-refractivity contribution in [3.63, 3.8) is 0 Å². The monoisotopic (exact) mass is 332 g/mol. The van der Waals surface area contributed by atoms with Gasteiger partial charge >= 0.3 is 0 Å². The lowest BCUT2D eigenvalue weighted by Crippen LogP contribution is -2.49. The molecule has 24 heavy (non-hydrogen) atoms. The number of amides is 1. The molecule has 1 amide bonds. The van der Waals surface area contributed by atoms with Crippen molar-refractivity contribution in [2.24, 2.45) is 0 Å². The molecule has 1 aromatic rings. The molecule has 0 radical (unpaired) electrons. The summed E-state index contributed by atoms with van der Waals surface area (Å²) in [6.45, 7) is 4.64. The van der Waals surface area contributed by atoms with Crippen LogP contribution in [0.2, 0.25) is 0 Å². The first-order chi connectivity index (χ1) is 11.6. The fourth-order valence-corrected chi connectivity index (χ4v) is 3.52. The average Bonchev–Trinajstić information content (AvgIpc) is 3.38. The summed E-state index contributed by atoms with van der Waals surface area (Å²) >= 11 is 0. The van der Waals surface area contributed by atoms with Crippen LogP contribution in [0.4, 0.5) is 0 Å². The summed E-state index contributed by atoms with van der Waals surface area (Å²) in [6.07, 6.45) is 6.16. The van der Waals surface area contributed by atoms with Gasteiger partial charge in [0.05, 0.1) is 30.9 Å². The predicted molar refractivity (Wildman–Crippen MR) is 86.7 cm³/mol. The Hall–Kier alpha value is -1.57. The summed E-state index contributed by atoms with van der Waals surface area (Å²) in [5.74, 6) is 1.24. The minimum atomic E-state index is -0.832. The van der Waals surface area contributed by atoms with E-state index < -0.39 is 5.60 Å². The largest absolute Gasteiger partial charge is 0.387 e. The van der Waals surface area contributed by atoms with Crippen molar-refractivity contribution in [1.29, 1.82) is 0 Å². The Kier molecular flexibility index (Phi) is 4.24. The molecule has 130 valence electrons. The second kappa shape index (κ2) is 6.38. The molecule has 2 saturated heterocycles. The maximum atomic E-state index is 12.6. The number of hydrogen-bond donors (Lipinski definition) is 1. The van der Waals surface area contributed by atoms with Crippen LogP contribution in [0.1, 0.15) is 41.4 Å². The smallest absolute Gasteiger partial charge is 0.257 e. The van der Waals surface area contributed by atoms with Crippen molar-refractivity contribution >= 4 is 5.91 Å². The molecule has 0 bridgehead atoms. The lowest BCUT2D eigenvalue weighted by molar-refractivity contribution is -0.0257. The zero-order valence-electron chi connectivity index (χ0n) is 13.9. The summed E-state index contributed by atoms with van der Waals surface area (Å²) in [5, 5.41) is 10.8. The van der Waals surface area contributed by atoms with Crippen molar-refractivity contribution in [1.82, 2.24) is 19.8 Å². The van der Waals surface area contributed by atoms with Crippen LogP contribution in [0.25, 0.3) is 0 Å². The minimum absolute atomic E-state index is 0.0877. The SMILES string of the molecule is O=C(c1cnc(C2CC2)nc1)N1CC[C@@](O)(CN2CCOCC2)C1. The van der Waals surface area contributed by atoms with Gasteiger partial charge in [0, 0.05) is 44.5 Å². The number of rotatable bonds is 4. The van der Waals surface area contributed by atoms with Crippen LogP contribution in [-0.4, -0.2) is 82.3 Å². The number of carbonyl (C=O) groups excluding carboxylic acids is 1. The Morgan fingerprint density at radius 1 is 1.25 bits per heavy atom. The lowest BCUT2D eigenvalue weighted by Gasteiger charge is -2.33. The van der Waals surface area contributed by atoms with Crippen LogP contribution in [0.15, 0.2) is 12.4 Å². The fraction of sp³-hybridized carbons (Fsp3) is 0.706. The van der Waals surface area contributed by atoms with Crippen LogP contribution in [-0.2, 0) is 4.74 Å². The number of ether oxygens (including phenoxy) is 1. The van der Waals surface area contributed by atoms with E-state index in [9.17, 15) is 9.90 Å². The van der Waals surface area contributed by atoms with Gasteiger partial charge in [-0.3, -0.25) is 9.69 Å². The Balaban J connectivity index is 1.37. The molecule has 1 atom stereocenters. The first-order valence-electron chi connectivity index (χ1n) is 8.77. The highest BCUT2D eigenvalue weighted by molar-refractivity contribution is 5.93. The topological polar surface area (TPSA) is 78.8 Å². The van der Waals surface area contributed by atoms with Crippen LogP contribution >= 0.6 is 0 Å². The minimum Gasteiger partial charge on any atom is -0.387 e. The van der Waals surface area contributed by atoms with Gasteiger partial charge < -0.3 is 14.7 Å². The summed E-state index contributed by atoms with van der Waals surface area (Å²) < 4.78 is 5.34. The van der Waals surface area contributed by atoms with E-state index >= 15 is 0 Å². The summed E-state index contributed by atoms with van der Waals surface area (Å²) in [5.41, 5.74) is -0.322. The molecule has 3 fully saturated rings. The lowest BCUT2D eigenvalue weighted by atomic mass is 10.0. The molecule has 3 aliphatic rings. The van der Waals surface area contributed by atoms with E-state index in [1.807, 2.05) is 0 Å². The van der Waals surface area contributed by atoms with E-state index in [1.165, 1.54) is 0 Å². The number of carbonyl (C=O) groups is 1. The number of likely N-dealkylation sites (tertiary alicyclic amines) is 1. The van der Waals surface area contributed by atoms with Crippen LogP contribution < -0.4 is 0 Å². The maximum absolute atomic E-state index is 12.6. The number of nitrogens with zero attached hydrogens (tertiary/aromatic N) is 4. The molecule has 7 nitrogen and oxygen atoms in total. The van der Waals surface area contributed by atoms with Crippen molar-refractivity contribution in [2.45, 2.75) is 30.8 Å². The second-order valence-electron chi connectivity index (χ2n) is 7.19. The normalized spacial score (nSPS) is 28.3. The third kappa shape index (κ3) is 3.43. The van der Waals surface area contributed by atoms with Gasteiger partial charge in [-0.05, 0) is 19.3 Å². The Labute approximate surface area is 141 Å². The molecular formula is C17H24N4O3. The molecule has 7 heteroatoms. The predicted octanol–water partition coefficient (Wildman–Crippen LogP) is 0.263. The first-order valence-corrected chi connectivity index (χ1v) is 8.77. The molecule has 4 rings (SSSR count). The highest BCUT2D eigenvalue weighted by atomic mass is 16.5. The summed E-state index contributed by atoms with van der Waals surface area (Å²) in [6, 6.07) is 0. The highest BCUT2D eigenvalue weighted by Crippen LogP contribution is 2.37. The number of hydrogen-bond acceptors (Lipinski definition) is 6. The first kappa shape index (κ1) is 15.9. The van der Waals surface area contributed by atoms with Gasteiger partial charge in [0.2, 0.25) is 0 Å². The van der Waals surface area contributed by atoms with E-state index in [1.54, 1.807) is 17.3 Å². The van der Waals surface area contributed by atoms with Gasteiger partial charge in [0.25, 0.3) is 5.91 Å². The Morgan fingerprint density at radius 3 is 2.62 bits per heavy atom. The third-order valence-corrected chi connectivity index (χ3v) is 5.10. The van der Waals surface area contributed by atoms with E-state index in [4.69, 9.17) is 4.74 Å². The Morgan fingerprint density at radius 2 is 1.96 bits per heavy atom. The summed E-state index contributed by atoms with van der Waals surface area (Å²) in [7, 11) is 0. The highest BCUT2D eigenvalue weighted by Gasteiger charge is 2.40. The van der Waals surface area contributed by atoms with E-state index in [0.29, 0.717) is 50.8 Å². The van der Waals surface area contributed by atoms with E-state index in [0.717, 1.165) is 31.8 Å². The zero-order valence-corrected chi connectivity index (χ0v) is 13.9. The number of aromatic nitrogens is 2. The van der Waals surface area contributed by atoms with Crippen molar-refractivity contribution in [3.05, 3.63) is 23.8 Å². The molecule has 3 heterocycles. The molecule has 1 aromatic heterocycles. The zero-order chi connectivity index (χ0) is 16.6. The molecule has 1 aliphatic carbocycles. The van der Waals surface area contributed by atoms with Crippen molar-refractivity contribution in [3.8, 4) is 0 Å². The number of morpholine rings is 1. The van der Waals surface area contributed by atoms with Crippen LogP contribution in [0.5, 0.6) is 0 Å². The van der Waals surface area contributed by atoms with Gasteiger partial charge in [0.15, 0.2) is 0 Å². The summed E-state index contributed by atoms with van der Waals surface area (Å²) in [4.78, 5) is 25.2. The van der Waals surface area contributed by atoms with E-state index in [2.05, 4.69) is 14.9 Å². The number of aliphatic hydroxyl groups is 1. The molecule has 0 aromatic carbocycles. The van der Waals surface area contributed by atoms with Gasteiger partial charge in [-0.15, -0.1) is 0 Å². The maximum Gasteiger partial charge on any atom is 0.257 e. The van der Waals surface area contributed by atoms with E-state index in [-0.39, 0.29) is 5.91 Å². The quantitative estimate of drug-likeness (QED) is 0.852. The fourth-order valence-electron chi connectivity index (χ4n) is 3.52. The molecular weight excluding hydrogens is 308 g/mol. The number of β-amino-alcohol motifs (C(OH)–C–C–N with tert-alkyl or cyclic N) is 1. The molecule has 2 aliphatic heterocycles. The standard InChI is InChI=1S/C17H24N4O3/c22-16(14-9-18-15(19-10-14)13-1-2-13)21-4-3-17(23,12-21)11-20-5-7-24-8-6-20/h9-10,13,23H,1-8,11-12H2/t17-/m1/s1. The van der Waals surface area contributed by atoms with Crippen LogP contribution in [0.3, 0.4) is 0 Å². The molecule has 1 N–H and O–H groups in total. The molecule has 1 saturated carbocycles. The van der Waals surface area contributed by atoms with Crippen LogP contribution in [0, 0.1) is 0 Å². The van der Waals surface area contributed by atoms with Crippen molar-refractivity contribution in [2.75, 3.05) is 45.9 Å².